The van der Waals surface area contributed by atoms with E-state index in [1.54, 1.807) is 0 Å². The molecule has 1 aromatic carbocycles. The van der Waals surface area contributed by atoms with E-state index < -0.39 is 0 Å². The SMILES string of the molecule is CC(C)N1CCC(CN)(c2ccccc2)CC1.ClCCl. The zero-order valence-electron chi connectivity index (χ0n) is 12.5. The Hall–Kier alpha value is -0.280. The molecule has 4 heteroatoms. The summed E-state index contributed by atoms with van der Waals surface area (Å²) in [6.45, 7) is 7.66. The van der Waals surface area contributed by atoms with Crippen LogP contribution in [0.2, 0.25) is 0 Å². The summed E-state index contributed by atoms with van der Waals surface area (Å²) in [7, 11) is 0. The Kier molecular flexibility index (Phi) is 7.90. The molecule has 1 saturated heterocycles. The molecule has 2 nitrogen and oxygen atoms in total. The van der Waals surface area contributed by atoms with Crippen LogP contribution in [0, 0.1) is 0 Å². The number of rotatable bonds is 3. The lowest BCUT2D eigenvalue weighted by Gasteiger charge is -2.43. The van der Waals surface area contributed by atoms with Crippen molar-refractivity contribution in [1.82, 2.24) is 4.90 Å². The van der Waals surface area contributed by atoms with E-state index in [4.69, 9.17) is 28.9 Å². The summed E-state index contributed by atoms with van der Waals surface area (Å²) in [5.41, 5.74) is 7.71. The van der Waals surface area contributed by atoms with Gasteiger partial charge in [0.25, 0.3) is 0 Å². The van der Waals surface area contributed by atoms with Crippen LogP contribution in [0.1, 0.15) is 32.3 Å². The smallest absolute Gasteiger partial charge is 0.0967 e. The van der Waals surface area contributed by atoms with Gasteiger partial charge in [0, 0.05) is 18.0 Å². The van der Waals surface area contributed by atoms with E-state index in [2.05, 4.69) is 49.1 Å². The molecule has 1 heterocycles. The second-order valence-electron chi connectivity index (χ2n) is 5.58. The molecule has 0 spiro atoms. The minimum absolute atomic E-state index is 0.194. The zero-order valence-corrected chi connectivity index (χ0v) is 14.0. The zero-order chi connectivity index (χ0) is 15.0. The Balaban J connectivity index is 0.000000612. The van der Waals surface area contributed by atoms with Gasteiger partial charge in [-0.2, -0.15) is 0 Å². The Morgan fingerprint density at radius 2 is 1.65 bits per heavy atom. The highest BCUT2D eigenvalue weighted by Gasteiger charge is 2.35. The molecule has 0 unspecified atom stereocenters. The average Bonchev–Trinajstić information content (AvgIpc) is 2.49. The van der Waals surface area contributed by atoms with Crippen molar-refractivity contribution >= 4 is 23.2 Å². The molecule has 1 aliphatic heterocycles. The van der Waals surface area contributed by atoms with Crippen molar-refractivity contribution in [2.24, 2.45) is 5.73 Å². The van der Waals surface area contributed by atoms with Crippen LogP contribution in [-0.2, 0) is 5.41 Å². The summed E-state index contributed by atoms with van der Waals surface area (Å²) in [5.74, 6) is 0. The average molecular weight is 317 g/mol. The quantitative estimate of drug-likeness (QED) is 0.859. The third-order valence-electron chi connectivity index (χ3n) is 4.26. The monoisotopic (exact) mass is 316 g/mol. The fourth-order valence-electron chi connectivity index (χ4n) is 2.87. The molecule has 1 aliphatic rings. The van der Waals surface area contributed by atoms with E-state index in [1.807, 2.05) is 0 Å². The van der Waals surface area contributed by atoms with Crippen molar-refractivity contribution in [2.45, 2.75) is 38.1 Å². The first-order valence-corrected chi connectivity index (χ1v) is 8.28. The first kappa shape index (κ1) is 17.8. The minimum Gasteiger partial charge on any atom is -0.330 e. The fourth-order valence-corrected chi connectivity index (χ4v) is 2.87. The highest BCUT2D eigenvalue weighted by molar-refractivity contribution is 6.40. The number of alkyl halides is 2. The molecule has 0 atom stereocenters. The maximum atomic E-state index is 6.07. The second-order valence-corrected chi connectivity index (χ2v) is 6.39. The number of nitrogens with two attached hydrogens (primary N) is 1. The predicted octanol–water partition coefficient (Wildman–Crippen LogP) is 3.81. The third kappa shape index (κ3) is 4.63. The third-order valence-corrected chi connectivity index (χ3v) is 4.26. The largest absolute Gasteiger partial charge is 0.330 e. The Morgan fingerprint density at radius 3 is 2.05 bits per heavy atom. The fraction of sp³-hybridized carbons (Fsp3) is 0.625. The summed E-state index contributed by atoms with van der Waals surface area (Å²) in [4.78, 5) is 2.55. The standard InChI is InChI=1S/C15H24N2.CH2Cl2/c1-13(2)17-10-8-15(12-16,9-11-17)14-6-4-3-5-7-14;2-1-3/h3-7,13H,8-12,16H2,1-2H3;1H2. The summed E-state index contributed by atoms with van der Waals surface area (Å²) >= 11 is 9.53. The van der Waals surface area contributed by atoms with Crippen molar-refractivity contribution in [1.29, 1.82) is 0 Å². The van der Waals surface area contributed by atoms with E-state index in [-0.39, 0.29) is 10.8 Å². The van der Waals surface area contributed by atoms with Gasteiger partial charge in [-0.05, 0) is 45.3 Å². The van der Waals surface area contributed by atoms with E-state index in [1.165, 1.54) is 31.5 Å². The minimum atomic E-state index is 0.194. The first-order valence-electron chi connectivity index (χ1n) is 7.21. The summed E-state index contributed by atoms with van der Waals surface area (Å²) in [6.07, 6.45) is 2.37. The van der Waals surface area contributed by atoms with Crippen LogP contribution in [0.15, 0.2) is 30.3 Å². The molecule has 0 aliphatic carbocycles. The van der Waals surface area contributed by atoms with Crippen LogP contribution in [0.5, 0.6) is 0 Å². The molecular formula is C16H26Cl2N2. The predicted molar refractivity (Wildman–Crippen MR) is 89.7 cm³/mol. The Morgan fingerprint density at radius 1 is 1.15 bits per heavy atom. The van der Waals surface area contributed by atoms with Crippen molar-refractivity contribution in [2.75, 3.05) is 25.0 Å². The van der Waals surface area contributed by atoms with Crippen LogP contribution in [0.25, 0.3) is 0 Å². The number of hydrogen-bond acceptors (Lipinski definition) is 2. The summed E-state index contributed by atoms with van der Waals surface area (Å²) in [6, 6.07) is 11.5. The van der Waals surface area contributed by atoms with Crippen molar-refractivity contribution < 1.29 is 0 Å². The summed E-state index contributed by atoms with van der Waals surface area (Å²) < 4.78 is 0. The lowest BCUT2D eigenvalue weighted by atomic mass is 9.72. The number of likely N-dealkylation sites (tertiary alicyclic amines) is 1. The normalized spacial score (nSPS) is 18.5. The van der Waals surface area contributed by atoms with Gasteiger partial charge in [-0.3, -0.25) is 0 Å². The van der Waals surface area contributed by atoms with Gasteiger partial charge in [0.05, 0.1) is 5.34 Å². The van der Waals surface area contributed by atoms with Crippen molar-refractivity contribution in [3.8, 4) is 0 Å². The van der Waals surface area contributed by atoms with E-state index in [9.17, 15) is 0 Å². The molecule has 1 fully saturated rings. The number of piperidine rings is 1. The molecule has 0 aromatic heterocycles. The van der Waals surface area contributed by atoms with Gasteiger partial charge < -0.3 is 10.6 Å². The van der Waals surface area contributed by atoms with Gasteiger partial charge in [-0.25, -0.2) is 0 Å². The molecule has 114 valence electrons. The summed E-state index contributed by atoms with van der Waals surface area (Å²) in [5, 5.41) is 0.194. The first-order chi connectivity index (χ1) is 9.59. The number of halogens is 2. The molecule has 1 aromatic rings. The van der Waals surface area contributed by atoms with Crippen molar-refractivity contribution in [3.63, 3.8) is 0 Å². The van der Waals surface area contributed by atoms with E-state index >= 15 is 0 Å². The van der Waals surface area contributed by atoms with Gasteiger partial charge in [0.1, 0.15) is 0 Å². The highest BCUT2D eigenvalue weighted by atomic mass is 35.5. The van der Waals surface area contributed by atoms with E-state index in [0.717, 1.165) is 6.54 Å². The second kappa shape index (κ2) is 8.89. The molecule has 2 rings (SSSR count). The Bertz CT molecular complexity index is 360. The lowest BCUT2D eigenvalue weighted by molar-refractivity contribution is 0.132. The van der Waals surface area contributed by atoms with Gasteiger partial charge >= 0.3 is 0 Å². The van der Waals surface area contributed by atoms with Gasteiger partial charge in [-0.15, -0.1) is 23.2 Å². The van der Waals surface area contributed by atoms with E-state index in [0.29, 0.717) is 6.04 Å². The maximum Gasteiger partial charge on any atom is 0.0967 e. The Labute approximate surface area is 133 Å². The van der Waals surface area contributed by atoms with Crippen LogP contribution < -0.4 is 5.73 Å². The molecule has 0 saturated carbocycles. The molecule has 0 radical (unpaired) electrons. The molecular weight excluding hydrogens is 291 g/mol. The van der Waals surface area contributed by atoms with Crippen molar-refractivity contribution in [3.05, 3.63) is 35.9 Å². The number of hydrogen-bond donors (Lipinski definition) is 1. The highest BCUT2D eigenvalue weighted by Crippen LogP contribution is 2.34. The van der Waals surface area contributed by atoms with Gasteiger partial charge in [0.2, 0.25) is 0 Å². The lowest BCUT2D eigenvalue weighted by Crippen LogP contribution is -2.48. The van der Waals surface area contributed by atoms with Gasteiger partial charge in [-0.1, -0.05) is 30.3 Å². The molecule has 0 bridgehead atoms. The topological polar surface area (TPSA) is 29.3 Å². The number of benzene rings is 1. The van der Waals surface area contributed by atoms with Gasteiger partial charge in [0.15, 0.2) is 0 Å². The van der Waals surface area contributed by atoms with Crippen LogP contribution in [-0.4, -0.2) is 35.9 Å². The molecule has 0 amide bonds. The van der Waals surface area contributed by atoms with Crippen LogP contribution in [0.3, 0.4) is 0 Å². The number of nitrogens with zero attached hydrogens (tertiary/aromatic N) is 1. The maximum absolute atomic E-state index is 6.07. The molecule has 2 N–H and O–H groups in total. The van der Waals surface area contributed by atoms with Crippen LogP contribution in [0.4, 0.5) is 0 Å². The van der Waals surface area contributed by atoms with Crippen LogP contribution >= 0.6 is 23.2 Å². The molecule has 20 heavy (non-hydrogen) atoms.